The Hall–Kier alpha value is -1.73. The Morgan fingerprint density at radius 1 is 1.52 bits per heavy atom. The van der Waals surface area contributed by atoms with Crippen molar-refractivity contribution in [1.82, 2.24) is 14.9 Å². The lowest BCUT2D eigenvalue weighted by molar-refractivity contribution is 0.0918. The van der Waals surface area contributed by atoms with Crippen molar-refractivity contribution in [2.75, 3.05) is 6.54 Å². The minimum atomic E-state index is -0.790. The lowest BCUT2D eigenvalue weighted by Crippen LogP contribution is -2.28. The summed E-state index contributed by atoms with van der Waals surface area (Å²) in [6, 6.07) is 1.78. The Balaban J connectivity index is 1.97. The molecule has 0 aliphatic rings. The number of hydrogen-bond acceptors (Lipinski definition) is 6. The average Bonchev–Trinajstić information content (AvgIpc) is 3.02. The number of aryl methyl sites for hydroxylation is 3. The van der Waals surface area contributed by atoms with Gasteiger partial charge in [0.1, 0.15) is 16.4 Å². The number of nitrogens with zero attached hydrogens (tertiary/aromatic N) is 2. The van der Waals surface area contributed by atoms with Crippen molar-refractivity contribution in [2.24, 2.45) is 0 Å². The highest BCUT2D eigenvalue weighted by Crippen LogP contribution is 2.21. The Morgan fingerprint density at radius 2 is 2.29 bits per heavy atom. The summed E-state index contributed by atoms with van der Waals surface area (Å²) in [4.78, 5) is 12.6. The van der Waals surface area contributed by atoms with E-state index in [0.29, 0.717) is 21.9 Å². The standard InChI is InChI=1S/C14H19N3O3S/c1-4-5-11-13(21-17-16-11)14(19)15-7-12(18)10-6-8(2)20-9(10)3/h6,12,18H,4-5,7H2,1-3H3,(H,15,19). The van der Waals surface area contributed by atoms with E-state index in [9.17, 15) is 9.90 Å². The van der Waals surface area contributed by atoms with Crippen LogP contribution in [0, 0.1) is 13.8 Å². The number of aliphatic hydroxyl groups excluding tert-OH is 1. The Bertz CT molecular complexity index is 621. The Morgan fingerprint density at radius 3 is 2.90 bits per heavy atom. The average molecular weight is 309 g/mol. The summed E-state index contributed by atoms with van der Waals surface area (Å²) in [5, 5.41) is 16.8. The molecule has 7 heteroatoms. The molecule has 1 atom stereocenters. The summed E-state index contributed by atoms with van der Waals surface area (Å²) in [6.45, 7) is 5.76. The zero-order chi connectivity index (χ0) is 15.4. The van der Waals surface area contributed by atoms with Crippen LogP contribution >= 0.6 is 11.5 Å². The first-order chi connectivity index (χ1) is 10.0. The number of carbonyl (C=O) groups is 1. The van der Waals surface area contributed by atoms with Gasteiger partial charge in [-0.05, 0) is 37.9 Å². The molecule has 2 aromatic heterocycles. The fourth-order valence-electron chi connectivity index (χ4n) is 2.14. The van der Waals surface area contributed by atoms with E-state index < -0.39 is 6.10 Å². The first-order valence-corrected chi connectivity index (χ1v) is 7.64. The molecule has 0 fully saturated rings. The molecule has 1 amide bonds. The zero-order valence-corrected chi connectivity index (χ0v) is 13.2. The predicted octanol–water partition coefficient (Wildman–Crippen LogP) is 2.16. The van der Waals surface area contributed by atoms with E-state index >= 15 is 0 Å². The van der Waals surface area contributed by atoms with Crippen LogP contribution in [0.15, 0.2) is 10.5 Å². The highest BCUT2D eigenvalue weighted by atomic mass is 32.1. The molecule has 0 saturated carbocycles. The number of hydrogen-bond donors (Lipinski definition) is 2. The number of amides is 1. The molecule has 21 heavy (non-hydrogen) atoms. The number of carbonyl (C=O) groups excluding carboxylic acids is 1. The number of nitrogens with one attached hydrogen (secondary N) is 1. The summed E-state index contributed by atoms with van der Waals surface area (Å²) in [5.74, 6) is 1.16. The smallest absolute Gasteiger partial charge is 0.265 e. The van der Waals surface area contributed by atoms with E-state index in [-0.39, 0.29) is 12.5 Å². The van der Waals surface area contributed by atoms with E-state index in [1.165, 1.54) is 0 Å². The van der Waals surface area contributed by atoms with E-state index in [0.717, 1.165) is 30.1 Å². The number of aliphatic hydroxyl groups is 1. The maximum atomic E-state index is 12.1. The monoisotopic (exact) mass is 309 g/mol. The highest BCUT2D eigenvalue weighted by Gasteiger charge is 2.19. The third-order valence-electron chi connectivity index (χ3n) is 3.14. The summed E-state index contributed by atoms with van der Waals surface area (Å²) in [7, 11) is 0. The molecule has 0 aromatic carbocycles. The van der Waals surface area contributed by atoms with Gasteiger partial charge in [0, 0.05) is 12.1 Å². The fraction of sp³-hybridized carbons (Fsp3) is 0.500. The van der Waals surface area contributed by atoms with Gasteiger partial charge in [0.15, 0.2) is 0 Å². The SMILES string of the molecule is CCCc1nnsc1C(=O)NCC(O)c1cc(C)oc1C. The van der Waals surface area contributed by atoms with Crippen LogP contribution in [-0.2, 0) is 6.42 Å². The normalized spacial score (nSPS) is 12.4. The molecule has 2 N–H and O–H groups in total. The first kappa shape index (κ1) is 15.7. The molecule has 0 aliphatic heterocycles. The second-order valence-electron chi connectivity index (χ2n) is 4.89. The van der Waals surface area contributed by atoms with Gasteiger partial charge in [-0.3, -0.25) is 4.79 Å². The van der Waals surface area contributed by atoms with Gasteiger partial charge in [-0.25, -0.2) is 0 Å². The van der Waals surface area contributed by atoms with E-state index in [2.05, 4.69) is 14.9 Å². The summed E-state index contributed by atoms with van der Waals surface area (Å²) in [6.07, 6.45) is 0.839. The molecule has 2 rings (SSSR count). The molecule has 0 bridgehead atoms. The quantitative estimate of drug-likeness (QED) is 0.853. The Labute approximate surface area is 127 Å². The van der Waals surface area contributed by atoms with Gasteiger partial charge in [-0.2, -0.15) is 0 Å². The van der Waals surface area contributed by atoms with Gasteiger partial charge in [-0.15, -0.1) is 5.10 Å². The number of furan rings is 1. The van der Waals surface area contributed by atoms with Gasteiger partial charge in [0.2, 0.25) is 0 Å². The Kier molecular flexibility index (Phi) is 5.08. The molecule has 2 aromatic rings. The second kappa shape index (κ2) is 6.82. The van der Waals surface area contributed by atoms with Gasteiger partial charge in [-0.1, -0.05) is 17.8 Å². The molecule has 2 heterocycles. The van der Waals surface area contributed by atoms with Crippen molar-refractivity contribution in [1.29, 1.82) is 0 Å². The molecule has 6 nitrogen and oxygen atoms in total. The summed E-state index contributed by atoms with van der Waals surface area (Å²) >= 11 is 1.08. The minimum absolute atomic E-state index is 0.127. The van der Waals surface area contributed by atoms with Gasteiger partial charge < -0.3 is 14.8 Å². The van der Waals surface area contributed by atoms with Crippen LogP contribution < -0.4 is 5.32 Å². The zero-order valence-electron chi connectivity index (χ0n) is 12.3. The summed E-state index contributed by atoms with van der Waals surface area (Å²) < 4.78 is 9.19. The minimum Gasteiger partial charge on any atom is -0.466 e. The van der Waals surface area contributed by atoms with Gasteiger partial charge in [0.25, 0.3) is 5.91 Å². The molecule has 0 saturated heterocycles. The van der Waals surface area contributed by atoms with Crippen LogP contribution in [0.2, 0.25) is 0 Å². The van der Waals surface area contributed by atoms with Crippen LogP contribution in [0.25, 0.3) is 0 Å². The highest BCUT2D eigenvalue weighted by molar-refractivity contribution is 7.08. The van der Waals surface area contributed by atoms with Crippen LogP contribution in [0.5, 0.6) is 0 Å². The van der Waals surface area contributed by atoms with Crippen LogP contribution in [0.1, 0.15) is 51.9 Å². The van der Waals surface area contributed by atoms with Crippen molar-refractivity contribution in [3.05, 3.63) is 33.7 Å². The maximum absolute atomic E-state index is 12.1. The van der Waals surface area contributed by atoms with Gasteiger partial charge in [0.05, 0.1) is 11.8 Å². The fourth-order valence-corrected chi connectivity index (χ4v) is 2.77. The van der Waals surface area contributed by atoms with Crippen molar-refractivity contribution >= 4 is 17.4 Å². The third kappa shape index (κ3) is 3.68. The molecule has 0 radical (unpaired) electrons. The lowest BCUT2D eigenvalue weighted by atomic mass is 10.1. The van der Waals surface area contributed by atoms with Crippen LogP contribution in [-0.4, -0.2) is 27.1 Å². The maximum Gasteiger partial charge on any atom is 0.265 e. The van der Waals surface area contributed by atoms with Crippen molar-refractivity contribution in [3.63, 3.8) is 0 Å². The van der Waals surface area contributed by atoms with E-state index in [1.54, 1.807) is 13.0 Å². The van der Waals surface area contributed by atoms with Gasteiger partial charge >= 0.3 is 0 Å². The summed E-state index contributed by atoms with van der Waals surface area (Å²) in [5.41, 5.74) is 1.41. The molecule has 0 aliphatic carbocycles. The van der Waals surface area contributed by atoms with Crippen molar-refractivity contribution in [3.8, 4) is 0 Å². The van der Waals surface area contributed by atoms with E-state index in [1.807, 2.05) is 13.8 Å². The number of aromatic nitrogens is 2. The molecular weight excluding hydrogens is 290 g/mol. The first-order valence-electron chi connectivity index (χ1n) is 6.87. The second-order valence-corrected chi connectivity index (χ2v) is 5.65. The lowest BCUT2D eigenvalue weighted by Gasteiger charge is -2.10. The predicted molar refractivity (Wildman–Crippen MR) is 79.4 cm³/mol. The molecule has 114 valence electrons. The largest absolute Gasteiger partial charge is 0.466 e. The molecule has 1 unspecified atom stereocenters. The van der Waals surface area contributed by atoms with Crippen molar-refractivity contribution in [2.45, 2.75) is 39.7 Å². The topological polar surface area (TPSA) is 88.2 Å². The molecule has 0 spiro atoms. The number of rotatable bonds is 6. The van der Waals surface area contributed by atoms with Crippen molar-refractivity contribution < 1.29 is 14.3 Å². The van der Waals surface area contributed by atoms with E-state index in [4.69, 9.17) is 4.42 Å². The van der Waals surface area contributed by atoms with Crippen LogP contribution in [0.3, 0.4) is 0 Å². The third-order valence-corrected chi connectivity index (χ3v) is 3.91. The molecular formula is C14H19N3O3S. The van der Waals surface area contributed by atoms with Crippen LogP contribution in [0.4, 0.5) is 0 Å².